The molecule has 0 spiro atoms. The molecule has 1 aliphatic rings. The van der Waals surface area contributed by atoms with E-state index in [2.05, 4.69) is 35.1 Å². The van der Waals surface area contributed by atoms with Crippen molar-refractivity contribution in [3.05, 3.63) is 34.9 Å². The summed E-state index contributed by atoms with van der Waals surface area (Å²) in [4.78, 5) is 20.9. The van der Waals surface area contributed by atoms with Gasteiger partial charge in [-0.1, -0.05) is 6.42 Å². The molecule has 0 atom stereocenters. The van der Waals surface area contributed by atoms with E-state index in [1.165, 1.54) is 25.6 Å². The summed E-state index contributed by atoms with van der Waals surface area (Å²) < 4.78 is 3.95. The number of nitrogens with one attached hydrogen (secondary N) is 1. The maximum absolute atomic E-state index is 12.3. The Balaban J connectivity index is 1.30. The van der Waals surface area contributed by atoms with Crippen LogP contribution in [-0.2, 0) is 30.6 Å². The Bertz CT molecular complexity index is 989. The third kappa shape index (κ3) is 3.74. The Morgan fingerprint density at radius 1 is 1.18 bits per heavy atom. The maximum atomic E-state index is 12.3. The molecule has 1 aliphatic heterocycles. The summed E-state index contributed by atoms with van der Waals surface area (Å²) in [5.74, 6) is 2.69. The van der Waals surface area contributed by atoms with Crippen LogP contribution < -0.4 is 5.32 Å². The number of rotatable bonds is 6. The molecule has 0 fully saturated rings. The zero-order chi connectivity index (χ0) is 19.5. The number of hydrogen-bond acceptors (Lipinski definition) is 6. The quantitative estimate of drug-likeness (QED) is 0.690. The van der Waals surface area contributed by atoms with Crippen molar-refractivity contribution >= 4 is 11.7 Å². The van der Waals surface area contributed by atoms with Crippen LogP contribution in [-0.4, -0.2) is 46.8 Å². The van der Waals surface area contributed by atoms with E-state index in [4.69, 9.17) is 0 Å². The van der Waals surface area contributed by atoms with E-state index < -0.39 is 0 Å². The van der Waals surface area contributed by atoms with E-state index in [9.17, 15) is 4.79 Å². The molecule has 0 aromatic carbocycles. The number of carbonyl (C=O) groups excluding carboxylic acids is 1. The van der Waals surface area contributed by atoms with Gasteiger partial charge in [0.2, 0.25) is 5.91 Å². The molecule has 1 N–H and O–H groups in total. The van der Waals surface area contributed by atoms with Crippen molar-refractivity contribution in [3.63, 3.8) is 0 Å². The van der Waals surface area contributed by atoms with Gasteiger partial charge in [-0.3, -0.25) is 4.79 Å². The lowest BCUT2D eigenvalue weighted by molar-refractivity contribution is -0.121. The van der Waals surface area contributed by atoms with Crippen molar-refractivity contribution in [2.45, 2.75) is 65.3 Å². The molecular weight excluding hydrogens is 356 g/mol. The second-order valence-corrected chi connectivity index (χ2v) is 7.33. The first-order valence-electron chi connectivity index (χ1n) is 9.97. The van der Waals surface area contributed by atoms with Gasteiger partial charge in [0.15, 0.2) is 0 Å². The van der Waals surface area contributed by atoms with E-state index in [-0.39, 0.29) is 5.91 Å². The van der Waals surface area contributed by atoms with Crippen LogP contribution in [0.2, 0.25) is 0 Å². The molecule has 4 rings (SSSR count). The number of fused-ring (bicyclic) bond motifs is 2. The zero-order valence-corrected chi connectivity index (χ0v) is 16.5. The Labute approximate surface area is 163 Å². The molecular formula is C19H26N8O. The monoisotopic (exact) mass is 382 g/mol. The molecule has 0 saturated heterocycles. The molecule has 9 heteroatoms. The maximum Gasteiger partial charge on any atom is 0.252 e. The van der Waals surface area contributed by atoms with Crippen molar-refractivity contribution in [1.82, 2.24) is 39.7 Å². The Morgan fingerprint density at radius 2 is 2.07 bits per heavy atom. The fourth-order valence-corrected chi connectivity index (χ4v) is 3.89. The molecule has 3 aromatic rings. The average Bonchev–Trinajstić information content (AvgIpc) is 3.22. The highest BCUT2D eigenvalue weighted by atomic mass is 16.1. The average molecular weight is 382 g/mol. The molecule has 0 unspecified atom stereocenters. The molecule has 9 nitrogen and oxygen atoms in total. The molecule has 28 heavy (non-hydrogen) atoms. The highest BCUT2D eigenvalue weighted by Crippen LogP contribution is 2.16. The summed E-state index contributed by atoms with van der Waals surface area (Å²) >= 11 is 0. The Morgan fingerprint density at radius 3 is 2.96 bits per heavy atom. The van der Waals surface area contributed by atoms with Gasteiger partial charge in [0, 0.05) is 43.7 Å². The van der Waals surface area contributed by atoms with Gasteiger partial charge in [-0.25, -0.2) is 9.50 Å². The van der Waals surface area contributed by atoms with Crippen LogP contribution in [0.25, 0.3) is 5.78 Å². The largest absolute Gasteiger partial charge is 0.356 e. The number of aryl methyl sites for hydroxylation is 3. The zero-order valence-electron chi connectivity index (χ0n) is 16.5. The molecule has 0 radical (unpaired) electrons. The summed E-state index contributed by atoms with van der Waals surface area (Å²) in [6, 6.07) is 0. The number of hydrogen-bond donors (Lipinski definition) is 1. The molecule has 1 amide bonds. The third-order valence-electron chi connectivity index (χ3n) is 5.45. The van der Waals surface area contributed by atoms with Crippen LogP contribution >= 0.6 is 0 Å². The van der Waals surface area contributed by atoms with E-state index in [0.29, 0.717) is 31.6 Å². The highest BCUT2D eigenvalue weighted by Gasteiger charge is 2.15. The topological polar surface area (TPSA) is 103 Å². The molecule has 3 aromatic heterocycles. The molecule has 4 heterocycles. The van der Waals surface area contributed by atoms with E-state index in [0.717, 1.165) is 41.6 Å². The summed E-state index contributed by atoms with van der Waals surface area (Å²) in [5, 5.41) is 15.8. The van der Waals surface area contributed by atoms with Crippen molar-refractivity contribution in [2.75, 3.05) is 6.54 Å². The first kappa shape index (κ1) is 18.5. The van der Waals surface area contributed by atoms with Crippen LogP contribution in [0.4, 0.5) is 0 Å². The van der Waals surface area contributed by atoms with E-state index in [1.54, 1.807) is 4.52 Å². The minimum Gasteiger partial charge on any atom is -0.356 e. The van der Waals surface area contributed by atoms with Gasteiger partial charge in [0.25, 0.3) is 5.78 Å². The lowest BCUT2D eigenvalue weighted by Crippen LogP contribution is -2.27. The van der Waals surface area contributed by atoms with Gasteiger partial charge in [0.1, 0.15) is 18.0 Å². The summed E-state index contributed by atoms with van der Waals surface area (Å²) in [6.45, 7) is 5.50. The number of amides is 1. The van der Waals surface area contributed by atoms with Crippen LogP contribution in [0.5, 0.6) is 0 Å². The van der Waals surface area contributed by atoms with Gasteiger partial charge >= 0.3 is 0 Å². The predicted octanol–water partition coefficient (Wildman–Crippen LogP) is 1.35. The van der Waals surface area contributed by atoms with Crippen molar-refractivity contribution < 1.29 is 4.79 Å². The highest BCUT2D eigenvalue weighted by molar-refractivity contribution is 5.76. The second kappa shape index (κ2) is 8.04. The van der Waals surface area contributed by atoms with Crippen molar-refractivity contribution in [3.8, 4) is 0 Å². The predicted molar refractivity (Wildman–Crippen MR) is 103 cm³/mol. The van der Waals surface area contributed by atoms with E-state index >= 15 is 0 Å². The summed E-state index contributed by atoms with van der Waals surface area (Å²) in [5.41, 5.74) is 2.94. The summed E-state index contributed by atoms with van der Waals surface area (Å²) in [7, 11) is 0. The van der Waals surface area contributed by atoms with Gasteiger partial charge in [0.05, 0.1) is 0 Å². The Kier molecular flexibility index (Phi) is 5.31. The van der Waals surface area contributed by atoms with Crippen molar-refractivity contribution in [1.29, 1.82) is 0 Å². The van der Waals surface area contributed by atoms with Crippen LogP contribution in [0.1, 0.15) is 54.3 Å². The fourth-order valence-electron chi connectivity index (χ4n) is 3.89. The normalized spacial score (nSPS) is 14.1. The van der Waals surface area contributed by atoms with Crippen LogP contribution in [0, 0.1) is 13.8 Å². The molecule has 148 valence electrons. The number of nitrogens with zero attached hydrogens (tertiary/aromatic N) is 7. The first-order valence-corrected chi connectivity index (χ1v) is 9.97. The molecule has 0 aliphatic carbocycles. The van der Waals surface area contributed by atoms with Crippen LogP contribution in [0.3, 0.4) is 0 Å². The standard InChI is InChI=1S/C19H26N8O/c1-13-15(14(2)27-19(23-13)21-12-22-27)7-8-18(28)20-10-9-17-25-24-16-6-4-3-5-11-26(16)17/h12H,3-11H2,1-2H3,(H,20,28). The van der Waals surface area contributed by atoms with E-state index in [1.807, 2.05) is 13.8 Å². The minimum absolute atomic E-state index is 0.0353. The Hall–Kier alpha value is -2.84. The van der Waals surface area contributed by atoms with Gasteiger partial charge in [-0.15, -0.1) is 10.2 Å². The second-order valence-electron chi connectivity index (χ2n) is 7.33. The SMILES string of the molecule is Cc1nc2ncnn2c(C)c1CCC(=O)NCCc1nnc2n1CCCCC2. The van der Waals surface area contributed by atoms with Crippen LogP contribution in [0.15, 0.2) is 6.33 Å². The van der Waals surface area contributed by atoms with Crippen molar-refractivity contribution in [2.24, 2.45) is 0 Å². The smallest absolute Gasteiger partial charge is 0.252 e. The fraction of sp³-hybridized carbons (Fsp3) is 0.579. The van der Waals surface area contributed by atoms with Gasteiger partial charge < -0.3 is 9.88 Å². The molecule has 0 bridgehead atoms. The first-order chi connectivity index (χ1) is 13.6. The molecule has 0 saturated carbocycles. The van der Waals surface area contributed by atoms with Gasteiger partial charge in [-0.2, -0.15) is 10.1 Å². The summed E-state index contributed by atoms with van der Waals surface area (Å²) in [6.07, 6.45) is 7.86. The lowest BCUT2D eigenvalue weighted by Gasteiger charge is -2.11. The lowest BCUT2D eigenvalue weighted by atomic mass is 10.1. The third-order valence-corrected chi connectivity index (χ3v) is 5.45. The number of aromatic nitrogens is 7. The number of carbonyl (C=O) groups is 1. The minimum atomic E-state index is 0.0353. The van der Waals surface area contributed by atoms with Gasteiger partial charge in [-0.05, 0) is 38.7 Å².